The monoisotopic (exact) mass is 364 g/mol. The van der Waals surface area contributed by atoms with E-state index in [1.165, 1.54) is 12.0 Å². The number of ether oxygens (including phenoxy) is 1. The summed E-state index contributed by atoms with van der Waals surface area (Å²) in [5.41, 5.74) is 1.80. The lowest BCUT2D eigenvalue weighted by molar-refractivity contribution is -0.146. The molecule has 0 radical (unpaired) electrons. The highest BCUT2D eigenvalue weighted by molar-refractivity contribution is 7.10. The number of rotatable bonds is 3. The van der Waals surface area contributed by atoms with Crippen LogP contribution in [0.1, 0.15) is 22.0 Å². The molecule has 0 fully saturated rings. The first-order chi connectivity index (χ1) is 11.6. The summed E-state index contributed by atoms with van der Waals surface area (Å²) < 4.78 is 4.90. The number of nitrogens with zero attached hydrogens (tertiary/aromatic N) is 1. The predicted octanol–water partition coefficient (Wildman–Crippen LogP) is 3.38. The molecular formula is C17H17ClN2O3S. The molecule has 2 amide bonds. The van der Waals surface area contributed by atoms with Crippen molar-refractivity contribution in [2.75, 3.05) is 13.7 Å². The number of urea groups is 1. The van der Waals surface area contributed by atoms with E-state index in [4.69, 9.17) is 16.3 Å². The molecule has 1 N–H and O–H groups in total. The first-order valence-electron chi connectivity index (χ1n) is 7.53. The average molecular weight is 365 g/mol. The minimum atomic E-state index is -0.685. The fourth-order valence-electron chi connectivity index (χ4n) is 2.78. The molecule has 0 spiro atoms. The zero-order chi connectivity index (χ0) is 17.1. The number of esters is 1. The smallest absolute Gasteiger partial charge is 0.333 e. The fourth-order valence-corrected chi connectivity index (χ4v) is 3.81. The van der Waals surface area contributed by atoms with Gasteiger partial charge >= 0.3 is 12.0 Å². The standard InChI is InChI=1S/C17H17ClN2O3S/c1-23-16(21)15-13-7-9-24-14(13)6-8-20(15)17(22)19-10-11-2-4-12(18)5-3-11/h2-5,7,9,15H,6,8,10H2,1H3,(H,19,22). The Labute approximate surface area is 149 Å². The van der Waals surface area contributed by atoms with Gasteiger partial charge in [-0.3, -0.25) is 0 Å². The molecule has 3 rings (SSSR count). The van der Waals surface area contributed by atoms with Gasteiger partial charge in [-0.2, -0.15) is 0 Å². The summed E-state index contributed by atoms with van der Waals surface area (Å²) in [4.78, 5) is 27.5. The van der Waals surface area contributed by atoms with E-state index < -0.39 is 12.0 Å². The number of methoxy groups -OCH3 is 1. The number of thiophene rings is 1. The quantitative estimate of drug-likeness (QED) is 0.849. The average Bonchev–Trinajstić information content (AvgIpc) is 3.08. The van der Waals surface area contributed by atoms with Gasteiger partial charge in [-0.05, 0) is 41.1 Å². The zero-order valence-corrected chi connectivity index (χ0v) is 14.7. The summed E-state index contributed by atoms with van der Waals surface area (Å²) >= 11 is 7.46. The molecule has 1 aliphatic rings. The van der Waals surface area contributed by atoms with E-state index in [0.29, 0.717) is 18.1 Å². The summed E-state index contributed by atoms with van der Waals surface area (Å²) in [6.07, 6.45) is 0.745. The van der Waals surface area contributed by atoms with E-state index in [1.54, 1.807) is 23.5 Å². The molecule has 7 heteroatoms. The van der Waals surface area contributed by atoms with Gasteiger partial charge in [0.1, 0.15) is 0 Å². The zero-order valence-electron chi connectivity index (χ0n) is 13.1. The second-order valence-corrected chi connectivity index (χ2v) is 6.89. The van der Waals surface area contributed by atoms with Crippen LogP contribution in [0.25, 0.3) is 0 Å². The minimum absolute atomic E-state index is 0.280. The van der Waals surface area contributed by atoms with Crippen molar-refractivity contribution in [1.82, 2.24) is 10.2 Å². The molecule has 24 heavy (non-hydrogen) atoms. The summed E-state index contributed by atoms with van der Waals surface area (Å²) in [7, 11) is 1.34. The SMILES string of the molecule is COC(=O)C1c2ccsc2CCN1C(=O)NCc1ccc(Cl)cc1. The maximum Gasteiger partial charge on any atom is 0.333 e. The second kappa shape index (κ2) is 7.23. The van der Waals surface area contributed by atoms with Gasteiger partial charge in [-0.25, -0.2) is 9.59 Å². The lowest BCUT2D eigenvalue weighted by Gasteiger charge is -2.33. The third-order valence-electron chi connectivity index (χ3n) is 4.01. The Balaban J connectivity index is 1.73. The van der Waals surface area contributed by atoms with Crippen LogP contribution >= 0.6 is 22.9 Å². The van der Waals surface area contributed by atoms with E-state index in [0.717, 1.165) is 22.4 Å². The predicted molar refractivity (Wildman–Crippen MR) is 93.2 cm³/mol. The van der Waals surface area contributed by atoms with E-state index >= 15 is 0 Å². The Hall–Kier alpha value is -2.05. The Kier molecular flexibility index (Phi) is 5.06. The summed E-state index contributed by atoms with van der Waals surface area (Å²) in [6, 6.07) is 8.19. The van der Waals surface area contributed by atoms with Crippen LogP contribution in [0.5, 0.6) is 0 Å². The Morgan fingerprint density at radius 1 is 1.33 bits per heavy atom. The molecule has 126 valence electrons. The summed E-state index contributed by atoms with van der Waals surface area (Å²) in [6.45, 7) is 0.858. The Bertz CT molecular complexity index is 745. The number of hydrogen-bond acceptors (Lipinski definition) is 4. The number of fused-ring (bicyclic) bond motifs is 1. The van der Waals surface area contributed by atoms with Crippen LogP contribution < -0.4 is 5.32 Å². The second-order valence-electron chi connectivity index (χ2n) is 5.45. The van der Waals surface area contributed by atoms with Crippen molar-refractivity contribution in [2.24, 2.45) is 0 Å². The van der Waals surface area contributed by atoms with Crippen LogP contribution in [0.15, 0.2) is 35.7 Å². The molecule has 1 aromatic carbocycles. The molecule has 1 unspecified atom stereocenters. The molecule has 1 atom stereocenters. The first-order valence-corrected chi connectivity index (χ1v) is 8.79. The van der Waals surface area contributed by atoms with Crippen LogP contribution in [-0.2, 0) is 22.5 Å². The van der Waals surface area contributed by atoms with Crippen LogP contribution in [0.4, 0.5) is 4.79 Å². The van der Waals surface area contributed by atoms with Crippen LogP contribution in [0.2, 0.25) is 5.02 Å². The molecule has 0 saturated heterocycles. The highest BCUT2D eigenvalue weighted by Gasteiger charge is 2.37. The van der Waals surface area contributed by atoms with Gasteiger partial charge in [0.15, 0.2) is 6.04 Å². The van der Waals surface area contributed by atoms with Crippen molar-refractivity contribution in [3.63, 3.8) is 0 Å². The molecular weight excluding hydrogens is 348 g/mol. The van der Waals surface area contributed by atoms with Gasteiger partial charge in [0.25, 0.3) is 0 Å². The Morgan fingerprint density at radius 2 is 2.08 bits per heavy atom. The number of amides is 2. The van der Waals surface area contributed by atoms with Gasteiger partial charge in [0.05, 0.1) is 7.11 Å². The fraction of sp³-hybridized carbons (Fsp3) is 0.294. The third-order valence-corrected chi connectivity index (χ3v) is 5.26. The largest absolute Gasteiger partial charge is 0.467 e. The summed E-state index contributed by atoms with van der Waals surface area (Å²) in [5.74, 6) is -0.420. The lowest BCUT2D eigenvalue weighted by Crippen LogP contribution is -2.47. The van der Waals surface area contributed by atoms with Crippen molar-refractivity contribution in [3.05, 3.63) is 56.7 Å². The number of halogens is 1. The third kappa shape index (κ3) is 3.39. The number of carbonyl (C=O) groups is 2. The van der Waals surface area contributed by atoms with Crippen LogP contribution in [0, 0.1) is 0 Å². The van der Waals surface area contributed by atoms with Gasteiger partial charge in [-0.15, -0.1) is 11.3 Å². The van der Waals surface area contributed by atoms with Crippen molar-refractivity contribution in [2.45, 2.75) is 19.0 Å². The van der Waals surface area contributed by atoms with Gasteiger partial charge in [0.2, 0.25) is 0 Å². The van der Waals surface area contributed by atoms with Crippen LogP contribution in [0.3, 0.4) is 0 Å². The van der Waals surface area contributed by atoms with E-state index in [9.17, 15) is 9.59 Å². The number of hydrogen-bond donors (Lipinski definition) is 1. The number of carbonyl (C=O) groups excluding carboxylic acids is 2. The van der Waals surface area contributed by atoms with E-state index in [1.807, 2.05) is 23.6 Å². The first kappa shape index (κ1) is 16.8. The summed E-state index contributed by atoms with van der Waals surface area (Å²) in [5, 5.41) is 5.45. The van der Waals surface area contributed by atoms with Crippen molar-refractivity contribution in [3.8, 4) is 0 Å². The molecule has 0 bridgehead atoms. The lowest BCUT2D eigenvalue weighted by atomic mass is 10.0. The maximum absolute atomic E-state index is 12.6. The van der Waals surface area contributed by atoms with Crippen LogP contribution in [-0.4, -0.2) is 30.6 Å². The molecule has 5 nitrogen and oxygen atoms in total. The molecule has 2 heterocycles. The number of benzene rings is 1. The van der Waals surface area contributed by atoms with Gasteiger partial charge in [-0.1, -0.05) is 23.7 Å². The number of nitrogens with one attached hydrogen (secondary N) is 1. The molecule has 0 saturated carbocycles. The highest BCUT2D eigenvalue weighted by atomic mass is 35.5. The van der Waals surface area contributed by atoms with Crippen molar-refractivity contribution in [1.29, 1.82) is 0 Å². The maximum atomic E-state index is 12.6. The Morgan fingerprint density at radius 3 is 2.79 bits per heavy atom. The molecule has 2 aromatic rings. The van der Waals surface area contributed by atoms with E-state index in [2.05, 4.69) is 5.32 Å². The highest BCUT2D eigenvalue weighted by Crippen LogP contribution is 2.34. The topological polar surface area (TPSA) is 58.6 Å². The van der Waals surface area contributed by atoms with Crippen molar-refractivity contribution < 1.29 is 14.3 Å². The van der Waals surface area contributed by atoms with Gasteiger partial charge < -0.3 is 15.0 Å². The van der Waals surface area contributed by atoms with Gasteiger partial charge in [0, 0.05) is 23.0 Å². The minimum Gasteiger partial charge on any atom is -0.467 e. The van der Waals surface area contributed by atoms with E-state index in [-0.39, 0.29) is 6.03 Å². The molecule has 0 aliphatic carbocycles. The normalized spacial score (nSPS) is 16.4. The molecule has 1 aromatic heterocycles. The molecule has 1 aliphatic heterocycles. The van der Waals surface area contributed by atoms with Crippen molar-refractivity contribution >= 4 is 34.9 Å².